The Labute approximate surface area is 180 Å². The van der Waals surface area contributed by atoms with E-state index in [0.717, 1.165) is 27.7 Å². The van der Waals surface area contributed by atoms with Gasteiger partial charge in [-0.1, -0.05) is 54.1 Å². The van der Waals surface area contributed by atoms with Crippen LogP contribution in [0.3, 0.4) is 0 Å². The van der Waals surface area contributed by atoms with Gasteiger partial charge in [0.05, 0.1) is 9.90 Å². The lowest BCUT2D eigenvalue weighted by Gasteiger charge is -2.32. The molecule has 0 radical (unpaired) electrons. The van der Waals surface area contributed by atoms with Gasteiger partial charge in [0.1, 0.15) is 6.10 Å². The maximum absolute atomic E-state index is 12.8. The molecule has 0 bridgehead atoms. The summed E-state index contributed by atoms with van der Waals surface area (Å²) in [5.41, 5.74) is 2.76. The van der Waals surface area contributed by atoms with Crippen LogP contribution in [-0.2, 0) is 4.74 Å². The summed E-state index contributed by atoms with van der Waals surface area (Å²) in [5.74, 6) is -0.0650. The number of nitrogens with one attached hydrogen (secondary N) is 1. The van der Waals surface area contributed by atoms with Crippen molar-refractivity contribution < 1.29 is 9.53 Å². The third-order valence-electron chi connectivity index (χ3n) is 4.87. The fourth-order valence-corrected chi connectivity index (χ4v) is 4.55. The Morgan fingerprint density at radius 1 is 1.07 bits per heavy atom. The molecule has 0 spiro atoms. The molecule has 0 amide bonds. The summed E-state index contributed by atoms with van der Waals surface area (Å²) in [6.07, 6.45) is 0.781. The van der Waals surface area contributed by atoms with Crippen molar-refractivity contribution in [3.05, 3.63) is 82.2 Å². The molecule has 0 saturated carbocycles. The highest BCUT2D eigenvalue weighted by atomic mass is 35.5. The summed E-state index contributed by atoms with van der Waals surface area (Å²) in [6.45, 7) is 1.60. The molecule has 2 atom stereocenters. The molecule has 4 rings (SSSR count). The van der Waals surface area contributed by atoms with Crippen molar-refractivity contribution in [2.24, 2.45) is 0 Å². The van der Waals surface area contributed by atoms with Crippen LogP contribution in [0.2, 0.25) is 4.34 Å². The van der Waals surface area contributed by atoms with Gasteiger partial charge in [0.25, 0.3) is 0 Å². The van der Waals surface area contributed by atoms with E-state index in [0.29, 0.717) is 12.1 Å². The van der Waals surface area contributed by atoms with Crippen LogP contribution in [0.1, 0.15) is 28.3 Å². The molecule has 1 saturated heterocycles. The van der Waals surface area contributed by atoms with Crippen LogP contribution in [-0.4, -0.2) is 25.2 Å². The van der Waals surface area contributed by atoms with Crippen LogP contribution >= 0.6 is 35.3 Å². The van der Waals surface area contributed by atoms with Crippen molar-refractivity contribution in [3.8, 4) is 10.4 Å². The van der Waals surface area contributed by atoms with E-state index in [-0.39, 0.29) is 30.4 Å². The normalized spacial score (nSPS) is 18.9. The van der Waals surface area contributed by atoms with Gasteiger partial charge in [-0.05, 0) is 48.4 Å². The van der Waals surface area contributed by atoms with Gasteiger partial charge in [-0.15, -0.1) is 23.7 Å². The van der Waals surface area contributed by atoms with Crippen LogP contribution < -0.4 is 5.32 Å². The first-order valence-electron chi connectivity index (χ1n) is 9.03. The van der Waals surface area contributed by atoms with Gasteiger partial charge in [0.2, 0.25) is 0 Å². The van der Waals surface area contributed by atoms with Gasteiger partial charge < -0.3 is 10.1 Å². The Morgan fingerprint density at radius 3 is 2.64 bits per heavy atom. The summed E-state index contributed by atoms with van der Waals surface area (Å²) in [7, 11) is 0. The van der Waals surface area contributed by atoms with Gasteiger partial charge in [0, 0.05) is 17.3 Å². The highest BCUT2D eigenvalue weighted by Crippen LogP contribution is 2.32. The van der Waals surface area contributed by atoms with Gasteiger partial charge >= 0.3 is 5.97 Å². The van der Waals surface area contributed by atoms with E-state index in [1.807, 2.05) is 48.5 Å². The molecule has 1 fully saturated rings. The Balaban J connectivity index is 0.00000225. The molecule has 28 heavy (non-hydrogen) atoms. The minimum atomic E-state index is -0.283. The molecule has 2 heterocycles. The standard InChI is InChI=1S/C22H20ClNO2S.ClH/c23-21-10-9-20(27-21)16-7-4-8-17(13-16)22(25)26-19-14-24-12-11-18(19)15-5-2-1-3-6-15;/h1-10,13,18-19,24H,11-12,14H2;1H/t18-,19+;/m0./s1. The van der Waals surface area contributed by atoms with Crippen molar-refractivity contribution in [2.45, 2.75) is 18.4 Å². The van der Waals surface area contributed by atoms with Crippen LogP contribution in [0.4, 0.5) is 0 Å². The number of ether oxygens (including phenoxy) is 1. The van der Waals surface area contributed by atoms with Crippen molar-refractivity contribution in [1.82, 2.24) is 5.32 Å². The predicted molar refractivity (Wildman–Crippen MR) is 118 cm³/mol. The second-order valence-electron chi connectivity index (χ2n) is 6.64. The fourth-order valence-electron chi connectivity index (χ4n) is 3.51. The van der Waals surface area contributed by atoms with Gasteiger partial charge in [-0.25, -0.2) is 4.79 Å². The van der Waals surface area contributed by atoms with E-state index in [9.17, 15) is 4.79 Å². The number of esters is 1. The summed E-state index contributed by atoms with van der Waals surface area (Å²) in [6, 6.07) is 21.7. The topological polar surface area (TPSA) is 38.3 Å². The quantitative estimate of drug-likeness (QED) is 0.528. The minimum absolute atomic E-state index is 0. The van der Waals surface area contributed by atoms with Crippen LogP contribution in [0.15, 0.2) is 66.7 Å². The number of rotatable bonds is 4. The Morgan fingerprint density at radius 2 is 1.89 bits per heavy atom. The van der Waals surface area contributed by atoms with Gasteiger partial charge in [0.15, 0.2) is 0 Å². The van der Waals surface area contributed by atoms with Crippen LogP contribution in [0, 0.1) is 0 Å². The van der Waals surface area contributed by atoms with E-state index >= 15 is 0 Å². The lowest BCUT2D eigenvalue weighted by molar-refractivity contribution is 0.0182. The maximum Gasteiger partial charge on any atom is 0.338 e. The number of piperidine rings is 1. The maximum atomic E-state index is 12.8. The van der Waals surface area contributed by atoms with Gasteiger partial charge in [-0.2, -0.15) is 0 Å². The molecule has 3 nitrogen and oxygen atoms in total. The molecule has 6 heteroatoms. The number of carbonyl (C=O) groups is 1. The molecular weight excluding hydrogens is 413 g/mol. The van der Waals surface area contributed by atoms with E-state index in [1.165, 1.54) is 16.9 Å². The first-order valence-corrected chi connectivity index (χ1v) is 10.2. The molecule has 146 valence electrons. The van der Waals surface area contributed by atoms with Crippen molar-refractivity contribution in [1.29, 1.82) is 0 Å². The van der Waals surface area contributed by atoms with E-state index < -0.39 is 0 Å². The molecule has 1 aromatic heterocycles. The molecule has 0 aliphatic carbocycles. The molecule has 1 N–H and O–H groups in total. The van der Waals surface area contributed by atoms with E-state index in [4.69, 9.17) is 16.3 Å². The number of hydrogen-bond acceptors (Lipinski definition) is 4. The smallest absolute Gasteiger partial charge is 0.338 e. The Kier molecular flexibility index (Phi) is 7.13. The highest BCUT2D eigenvalue weighted by Gasteiger charge is 2.29. The zero-order valence-electron chi connectivity index (χ0n) is 15.1. The Hall–Kier alpha value is -1.85. The monoisotopic (exact) mass is 433 g/mol. The lowest BCUT2D eigenvalue weighted by atomic mass is 9.88. The van der Waals surface area contributed by atoms with E-state index in [1.54, 1.807) is 6.07 Å². The lowest BCUT2D eigenvalue weighted by Crippen LogP contribution is -2.42. The zero-order chi connectivity index (χ0) is 18.6. The molecular formula is C22H21Cl2NO2S. The van der Waals surface area contributed by atoms with Crippen LogP contribution in [0.5, 0.6) is 0 Å². The minimum Gasteiger partial charge on any atom is -0.457 e. The SMILES string of the molecule is Cl.O=C(O[C@@H]1CNCC[C@H]1c1ccccc1)c1cccc(-c2ccc(Cl)s2)c1. The first kappa shape index (κ1) is 20.9. The number of benzene rings is 2. The Bertz CT molecular complexity index is 929. The highest BCUT2D eigenvalue weighted by molar-refractivity contribution is 7.19. The van der Waals surface area contributed by atoms with E-state index in [2.05, 4.69) is 17.4 Å². The molecule has 3 aromatic rings. The molecule has 1 aliphatic rings. The average Bonchev–Trinajstić information content (AvgIpc) is 3.15. The molecule has 0 unspecified atom stereocenters. The van der Waals surface area contributed by atoms with Gasteiger partial charge in [-0.3, -0.25) is 0 Å². The third-order valence-corrected chi connectivity index (χ3v) is 6.15. The average molecular weight is 434 g/mol. The van der Waals surface area contributed by atoms with Crippen molar-refractivity contribution in [2.75, 3.05) is 13.1 Å². The first-order chi connectivity index (χ1) is 13.2. The summed E-state index contributed by atoms with van der Waals surface area (Å²) in [5, 5.41) is 3.34. The second-order valence-corrected chi connectivity index (χ2v) is 8.35. The number of halogens is 2. The second kappa shape index (κ2) is 9.57. The van der Waals surface area contributed by atoms with Crippen molar-refractivity contribution >= 4 is 41.3 Å². The summed E-state index contributed by atoms with van der Waals surface area (Å²) < 4.78 is 6.65. The predicted octanol–water partition coefficient (Wildman–Crippen LogP) is 5.79. The largest absolute Gasteiger partial charge is 0.457 e. The zero-order valence-corrected chi connectivity index (χ0v) is 17.5. The fraction of sp³-hybridized carbons (Fsp3) is 0.227. The molecule has 2 aromatic carbocycles. The number of carbonyl (C=O) groups excluding carboxylic acids is 1. The van der Waals surface area contributed by atoms with Crippen LogP contribution in [0.25, 0.3) is 10.4 Å². The number of thiophene rings is 1. The molecule has 1 aliphatic heterocycles. The third kappa shape index (κ3) is 4.76. The van der Waals surface area contributed by atoms with Crippen molar-refractivity contribution in [3.63, 3.8) is 0 Å². The number of hydrogen-bond donors (Lipinski definition) is 1. The summed E-state index contributed by atoms with van der Waals surface area (Å²) >= 11 is 7.53. The summed E-state index contributed by atoms with van der Waals surface area (Å²) in [4.78, 5) is 13.8.